The average molecular weight is 433 g/mol. The number of hydrogen-bond acceptors (Lipinski definition) is 2. The molecule has 3 rings (SSSR count). The SMILES string of the molecule is O=C(CNC(=O)c1cc(F)c(F)cc1F)NC(c1ccccc1)c1ccc(Cl)cc1. The molecule has 0 spiro atoms. The van der Waals surface area contributed by atoms with Crippen LogP contribution >= 0.6 is 11.6 Å². The van der Waals surface area contributed by atoms with Crippen LogP contribution in [0.1, 0.15) is 27.5 Å². The van der Waals surface area contributed by atoms with Crippen molar-refractivity contribution in [1.82, 2.24) is 10.6 Å². The van der Waals surface area contributed by atoms with Crippen LogP contribution in [0, 0.1) is 17.5 Å². The molecule has 0 radical (unpaired) electrons. The van der Waals surface area contributed by atoms with E-state index in [9.17, 15) is 22.8 Å². The molecule has 0 aliphatic carbocycles. The molecule has 0 fully saturated rings. The molecule has 0 saturated carbocycles. The highest BCUT2D eigenvalue weighted by atomic mass is 35.5. The van der Waals surface area contributed by atoms with Crippen LogP contribution in [0.5, 0.6) is 0 Å². The van der Waals surface area contributed by atoms with Crippen molar-refractivity contribution >= 4 is 23.4 Å². The van der Waals surface area contributed by atoms with Crippen molar-refractivity contribution in [3.63, 3.8) is 0 Å². The van der Waals surface area contributed by atoms with Gasteiger partial charge in [-0.05, 0) is 29.3 Å². The quantitative estimate of drug-likeness (QED) is 0.567. The first-order valence-corrected chi connectivity index (χ1v) is 9.25. The van der Waals surface area contributed by atoms with Gasteiger partial charge in [0.15, 0.2) is 11.6 Å². The fourth-order valence-corrected chi connectivity index (χ4v) is 2.95. The molecule has 0 aromatic heterocycles. The maximum atomic E-state index is 13.7. The first kappa shape index (κ1) is 21.4. The van der Waals surface area contributed by atoms with Gasteiger partial charge in [0.05, 0.1) is 18.2 Å². The summed E-state index contributed by atoms with van der Waals surface area (Å²) in [6, 6.07) is 16.2. The van der Waals surface area contributed by atoms with Gasteiger partial charge in [0.25, 0.3) is 5.91 Å². The monoisotopic (exact) mass is 432 g/mol. The topological polar surface area (TPSA) is 58.2 Å². The molecular weight excluding hydrogens is 417 g/mol. The Morgan fingerprint density at radius 2 is 1.43 bits per heavy atom. The Morgan fingerprint density at radius 3 is 2.10 bits per heavy atom. The summed E-state index contributed by atoms with van der Waals surface area (Å²) in [6.07, 6.45) is 0. The number of hydrogen-bond donors (Lipinski definition) is 2. The number of amides is 2. The molecule has 0 heterocycles. The molecule has 30 heavy (non-hydrogen) atoms. The summed E-state index contributed by atoms with van der Waals surface area (Å²) in [5.41, 5.74) is 0.863. The van der Waals surface area contributed by atoms with Crippen molar-refractivity contribution < 1.29 is 22.8 Å². The van der Waals surface area contributed by atoms with Gasteiger partial charge in [-0.15, -0.1) is 0 Å². The third kappa shape index (κ3) is 5.18. The zero-order chi connectivity index (χ0) is 21.7. The molecule has 1 unspecified atom stereocenters. The molecule has 4 nitrogen and oxygen atoms in total. The zero-order valence-corrected chi connectivity index (χ0v) is 16.2. The number of nitrogens with one attached hydrogen (secondary N) is 2. The van der Waals surface area contributed by atoms with Crippen LogP contribution in [0.25, 0.3) is 0 Å². The highest BCUT2D eigenvalue weighted by molar-refractivity contribution is 6.30. The molecule has 154 valence electrons. The maximum absolute atomic E-state index is 13.7. The lowest BCUT2D eigenvalue weighted by atomic mass is 9.98. The highest BCUT2D eigenvalue weighted by Crippen LogP contribution is 2.23. The van der Waals surface area contributed by atoms with E-state index < -0.39 is 47.4 Å². The van der Waals surface area contributed by atoms with Crippen molar-refractivity contribution in [2.45, 2.75) is 6.04 Å². The summed E-state index contributed by atoms with van der Waals surface area (Å²) in [5.74, 6) is -5.59. The van der Waals surface area contributed by atoms with Crippen LogP contribution in [0.4, 0.5) is 13.2 Å². The average Bonchev–Trinajstić information content (AvgIpc) is 2.74. The van der Waals surface area contributed by atoms with Crippen LogP contribution in [-0.4, -0.2) is 18.4 Å². The lowest BCUT2D eigenvalue weighted by Crippen LogP contribution is -2.39. The summed E-state index contributed by atoms with van der Waals surface area (Å²) in [4.78, 5) is 24.5. The van der Waals surface area contributed by atoms with E-state index in [1.165, 1.54) is 0 Å². The Bertz CT molecular complexity index is 1060. The number of rotatable bonds is 6. The normalized spacial score (nSPS) is 11.6. The van der Waals surface area contributed by atoms with E-state index in [2.05, 4.69) is 10.6 Å². The van der Waals surface area contributed by atoms with Crippen LogP contribution in [0.2, 0.25) is 5.02 Å². The van der Waals surface area contributed by atoms with Gasteiger partial charge in [0.1, 0.15) is 5.82 Å². The van der Waals surface area contributed by atoms with E-state index in [0.717, 1.165) is 11.1 Å². The van der Waals surface area contributed by atoms with Gasteiger partial charge < -0.3 is 10.6 Å². The van der Waals surface area contributed by atoms with E-state index in [-0.39, 0.29) is 6.07 Å². The third-order valence-corrected chi connectivity index (χ3v) is 4.56. The molecule has 0 saturated heterocycles. The molecule has 1 atom stereocenters. The maximum Gasteiger partial charge on any atom is 0.254 e. The highest BCUT2D eigenvalue weighted by Gasteiger charge is 2.19. The van der Waals surface area contributed by atoms with Gasteiger partial charge in [-0.25, -0.2) is 13.2 Å². The van der Waals surface area contributed by atoms with Crippen LogP contribution in [0.15, 0.2) is 66.7 Å². The van der Waals surface area contributed by atoms with Crippen molar-refractivity contribution in [2.24, 2.45) is 0 Å². The van der Waals surface area contributed by atoms with Gasteiger partial charge in [-0.3, -0.25) is 9.59 Å². The van der Waals surface area contributed by atoms with Gasteiger partial charge in [0, 0.05) is 11.1 Å². The molecule has 2 amide bonds. The van der Waals surface area contributed by atoms with E-state index in [4.69, 9.17) is 11.6 Å². The van der Waals surface area contributed by atoms with Crippen LogP contribution in [-0.2, 0) is 4.79 Å². The van der Waals surface area contributed by atoms with Crippen molar-refractivity contribution in [1.29, 1.82) is 0 Å². The predicted octanol–water partition coefficient (Wildman–Crippen LogP) is 4.39. The fourth-order valence-electron chi connectivity index (χ4n) is 2.82. The Morgan fingerprint density at radius 1 is 0.833 bits per heavy atom. The lowest BCUT2D eigenvalue weighted by Gasteiger charge is -2.20. The number of benzene rings is 3. The number of carbonyl (C=O) groups excluding carboxylic acids is 2. The van der Waals surface area contributed by atoms with Crippen molar-refractivity contribution in [2.75, 3.05) is 6.54 Å². The van der Waals surface area contributed by atoms with Gasteiger partial charge >= 0.3 is 0 Å². The van der Waals surface area contributed by atoms with E-state index >= 15 is 0 Å². The first-order valence-electron chi connectivity index (χ1n) is 8.87. The Labute approximate surface area is 175 Å². The van der Waals surface area contributed by atoms with Crippen LogP contribution in [0.3, 0.4) is 0 Å². The summed E-state index contributed by atoms with van der Waals surface area (Å²) in [5, 5.41) is 5.53. The molecule has 8 heteroatoms. The van der Waals surface area contributed by atoms with Gasteiger partial charge in [-0.1, -0.05) is 54.1 Å². The zero-order valence-electron chi connectivity index (χ0n) is 15.5. The Kier molecular flexibility index (Phi) is 6.74. The predicted molar refractivity (Wildman–Crippen MR) is 107 cm³/mol. The number of halogens is 4. The first-order chi connectivity index (χ1) is 14.3. The summed E-state index contributed by atoms with van der Waals surface area (Å²) in [7, 11) is 0. The van der Waals surface area contributed by atoms with E-state index in [0.29, 0.717) is 11.1 Å². The van der Waals surface area contributed by atoms with Gasteiger partial charge in [0.2, 0.25) is 5.91 Å². The minimum absolute atomic E-state index is 0.274. The molecular formula is C22H16ClF3N2O2. The fraction of sp³-hybridized carbons (Fsp3) is 0.0909. The van der Waals surface area contributed by atoms with Crippen molar-refractivity contribution in [3.8, 4) is 0 Å². The molecule has 0 aliphatic heterocycles. The third-order valence-electron chi connectivity index (χ3n) is 4.31. The minimum atomic E-state index is -1.41. The molecule has 3 aromatic rings. The second-order valence-electron chi connectivity index (χ2n) is 6.39. The molecule has 0 aliphatic rings. The summed E-state index contributed by atoms with van der Waals surface area (Å²) in [6.45, 7) is -0.492. The lowest BCUT2D eigenvalue weighted by molar-refractivity contribution is -0.120. The number of carbonyl (C=O) groups is 2. The second kappa shape index (κ2) is 9.45. The summed E-state index contributed by atoms with van der Waals surface area (Å²) >= 11 is 5.93. The second-order valence-corrected chi connectivity index (χ2v) is 6.83. The van der Waals surface area contributed by atoms with E-state index in [1.807, 2.05) is 30.3 Å². The summed E-state index contributed by atoms with van der Waals surface area (Å²) < 4.78 is 40.0. The largest absolute Gasteiger partial charge is 0.344 e. The van der Waals surface area contributed by atoms with Gasteiger partial charge in [-0.2, -0.15) is 0 Å². The standard InChI is InChI=1S/C22H16ClF3N2O2/c23-15-8-6-14(7-9-15)21(13-4-2-1-3-5-13)28-20(29)12-27-22(30)16-10-18(25)19(26)11-17(16)24/h1-11,21H,12H2,(H,27,30)(H,28,29). The molecule has 2 N–H and O–H groups in total. The minimum Gasteiger partial charge on any atom is -0.344 e. The molecule has 0 bridgehead atoms. The van der Waals surface area contributed by atoms with Crippen LogP contribution < -0.4 is 10.6 Å². The smallest absolute Gasteiger partial charge is 0.254 e. The Balaban J connectivity index is 1.71. The van der Waals surface area contributed by atoms with E-state index in [1.54, 1.807) is 24.3 Å². The molecule has 3 aromatic carbocycles. The van der Waals surface area contributed by atoms with Crippen molar-refractivity contribution in [3.05, 3.63) is 106 Å². The Hall–Kier alpha value is -3.32.